The van der Waals surface area contributed by atoms with Crippen molar-refractivity contribution >= 4 is 6.09 Å². The number of amides is 1. The number of benzene rings is 1. The van der Waals surface area contributed by atoms with Crippen molar-refractivity contribution in [1.82, 2.24) is 5.32 Å². The maximum absolute atomic E-state index is 13.7. The van der Waals surface area contributed by atoms with Gasteiger partial charge in [-0.1, -0.05) is 6.58 Å². The third-order valence-corrected chi connectivity index (χ3v) is 3.00. The minimum atomic E-state index is -1.32. The molecular formula is C13H12F3NO3. The molecule has 1 heterocycles. The lowest BCUT2D eigenvalue weighted by Gasteiger charge is -2.33. The van der Waals surface area contributed by atoms with Crippen LogP contribution in [0, 0.1) is 17.5 Å². The van der Waals surface area contributed by atoms with Crippen molar-refractivity contribution < 1.29 is 27.8 Å². The highest BCUT2D eigenvalue weighted by Gasteiger charge is 2.33. The fourth-order valence-corrected chi connectivity index (χ4v) is 2.15. The fourth-order valence-electron chi connectivity index (χ4n) is 2.15. The number of carbonyl (C=O) groups is 1. The molecule has 0 radical (unpaired) electrons. The van der Waals surface area contributed by atoms with Gasteiger partial charge in [0.15, 0.2) is 11.6 Å². The second-order valence-electron chi connectivity index (χ2n) is 4.53. The first-order valence-corrected chi connectivity index (χ1v) is 5.80. The third-order valence-electron chi connectivity index (χ3n) is 3.00. The van der Waals surface area contributed by atoms with Gasteiger partial charge in [0.05, 0.1) is 12.6 Å². The second-order valence-corrected chi connectivity index (χ2v) is 4.53. The Bertz CT molecular complexity index is 560. The molecule has 108 valence electrons. The molecule has 0 saturated carbocycles. The van der Waals surface area contributed by atoms with Crippen molar-refractivity contribution in [3.8, 4) is 0 Å². The Morgan fingerprint density at radius 3 is 2.60 bits per heavy atom. The Balaban J connectivity index is 2.35. The maximum atomic E-state index is 13.7. The monoisotopic (exact) mass is 287 g/mol. The summed E-state index contributed by atoms with van der Waals surface area (Å²) in [7, 11) is 0. The number of nitrogens with one attached hydrogen (secondary N) is 1. The van der Waals surface area contributed by atoms with Gasteiger partial charge in [-0.15, -0.1) is 0 Å². The van der Waals surface area contributed by atoms with E-state index in [9.17, 15) is 18.0 Å². The van der Waals surface area contributed by atoms with Gasteiger partial charge in [0, 0.05) is 11.6 Å². The third kappa shape index (κ3) is 2.93. The van der Waals surface area contributed by atoms with E-state index in [1.54, 1.807) is 0 Å². The molecule has 1 aromatic rings. The zero-order valence-electron chi connectivity index (χ0n) is 10.3. The summed E-state index contributed by atoms with van der Waals surface area (Å²) >= 11 is 0. The average molecular weight is 287 g/mol. The molecule has 0 bridgehead atoms. The summed E-state index contributed by atoms with van der Waals surface area (Å²) < 4.78 is 45.2. The predicted octanol–water partition coefficient (Wildman–Crippen LogP) is 2.76. The summed E-state index contributed by atoms with van der Waals surface area (Å²) in [6.45, 7) is 3.77. The minimum absolute atomic E-state index is 0.0981. The maximum Gasteiger partial charge on any atom is 0.404 e. The van der Waals surface area contributed by atoms with Crippen molar-refractivity contribution in [1.29, 1.82) is 0 Å². The highest BCUT2D eigenvalue weighted by Crippen LogP contribution is 2.32. The molecule has 1 aliphatic heterocycles. The lowest BCUT2D eigenvalue weighted by molar-refractivity contribution is 0.0141. The van der Waals surface area contributed by atoms with Crippen LogP contribution in [0.5, 0.6) is 0 Å². The van der Waals surface area contributed by atoms with E-state index in [-0.39, 0.29) is 18.6 Å². The summed E-state index contributed by atoms with van der Waals surface area (Å²) in [6, 6.07) is 0.281. The molecule has 1 aliphatic rings. The van der Waals surface area contributed by atoms with Crippen LogP contribution in [-0.2, 0) is 4.74 Å². The first-order chi connectivity index (χ1) is 9.38. The normalized spacial score (nSPS) is 22.6. The zero-order valence-corrected chi connectivity index (χ0v) is 10.3. The van der Waals surface area contributed by atoms with Crippen LogP contribution in [0.1, 0.15) is 18.1 Å². The SMILES string of the molecule is C=C1CO[C@@H](c2cc(F)c(F)cc2F)[C@@H](NC(=O)O)C1. The van der Waals surface area contributed by atoms with Gasteiger partial charge in [-0.2, -0.15) is 0 Å². The van der Waals surface area contributed by atoms with E-state index < -0.39 is 35.7 Å². The van der Waals surface area contributed by atoms with E-state index in [0.29, 0.717) is 17.7 Å². The van der Waals surface area contributed by atoms with Gasteiger partial charge in [0.2, 0.25) is 0 Å². The van der Waals surface area contributed by atoms with Crippen LogP contribution in [0.4, 0.5) is 18.0 Å². The van der Waals surface area contributed by atoms with Gasteiger partial charge in [-0.25, -0.2) is 18.0 Å². The van der Waals surface area contributed by atoms with Crippen molar-refractivity contribution in [3.05, 3.63) is 47.3 Å². The largest absolute Gasteiger partial charge is 0.465 e. The molecule has 0 aromatic heterocycles. The molecule has 0 spiro atoms. The minimum Gasteiger partial charge on any atom is -0.465 e. The van der Waals surface area contributed by atoms with Crippen molar-refractivity contribution in [2.24, 2.45) is 0 Å². The lowest BCUT2D eigenvalue weighted by atomic mass is 9.93. The van der Waals surface area contributed by atoms with E-state index in [2.05, 4.69) is 11.9 Å². The summed E-state index contributed by atoms with van der Waals surface area (Å²) in [5, 5.41) is 10.9. The number of rotatable bonds is 2. The van der Waals surface area contributed by atoms with Crippen molar-refractivity contribution in [2.45, 2.75) is 18.6 Å². The smallest absolute Gasteiger partial charge is 0.404 e. The molecule has 2 N–H and O–H groups in total. The Morgan fingerprint density at radius 2 is 1.95 bits per heavy atom. The molecule has 2 atom stereocenters. The van der Waals surface area contributed by atoms with Crippen LogP contribution in [0.15, 0.2) is 24.3 Å². The van der Waals surface area contributed by atoms with Crippen molar-refractivity contribution in [2.75, 3.05) is 6.61 Å². The van der Waals surface area contributed by atoms with Crippen LogP contribution in [-0.4, -0.2) is 23.8 Å². The fraction of sp³-hybridized carbons (Fsp3) is 0.308. The Morgan fingerprint density at radius 1 is 1.30 bits per heavy atom. The number of hydrogen-bond acceptors (Lipinski definition) is 2. The highest BCUT2D eigenvalue weighted by atomic mass is 19.2. The summed E-state index contributed by atoms with van der Waals surface area (Å²) in [5.41, 5.74) is 0.401. The first kappa shape index (κ1) is 14.4. The Labute approximate surface area is 112 Å². The first-order valence-electron chi connectivity index (χ1n) is 5.80. The molecule has 1 saturated heterocycles. The van der Waals surface area contributed by atoms with Crippen molar-refractivity contribution in [3.63, 3.8) is 0 Å². The molecule has 4 nitrogen and oxygen atoms in total. The second kappa shape index (κ2) is 5.54. The van der Waals surface area contributed by atoms with E-state index in [4.69, 9.17) is 9.84 Å². The van der Waals surface area contributed by atoms with Gasteiger partial charge in [0.1, 0.15) is 11.9 Å². The topological polar surface area (TPSA) is 58.6 Å². The van der Waals surface area contributed by atoms with Crippen LogP contribution >= 0.6 is 0 Å². The molecule has 20 heavy (non-hydrogen) atoms. The molecule has 1 aromatic carbocycles. The highest BCUT2D eigenvalue weighted by molar-refractivity contribution is 5.65. The lowest BCUT2D eigenvalue weighted by Crippen LogP contribution is -2.43. The molecule has 0 unspecified atom stereocenters. The van der Waals surface area contributed by atoms with Gasteiger partial charge >= 0.3 is 6.09 Å². The summed E-state index contributed by atoms with van der Waals surface area (Å²) in [5.74, 6) is -3.52. The van der Waals surface area contributed by atoms with Gasteiger partial charge in [0.25, 0.3) is 0 Å². The van der Waals surface area contributed by atoms with Gasteiger partial charge in [-0.3, -0.25) is 0 Å². The number of hydrogen-bond donors (Lipinski definition) is 2. The van der Waals surface area contributed by atoms with Gasteiger partial charge in [-0.05, 0) is 18.1 Å². The van der Waals surface area contributed by atoms with E-state index in [0.717, 1.165) is 0 Å². The molecule has 0 aliphatic carbocycles. The van der Waals surface area contributed by atoms with Crippen LogP contribution in [0.25, 0.3) is 0 Å². The average Bonchev–Trinajstić information content (AvgIpc) is 2.34. The number of halogens is 3. The van der Waals surface area contributed by atoms with Crippen LogP contribution in [0.3, 0.4) is 0 Å². The van der Waals surface area contributed by atoms with E-state index in [1.807, 2.05) is 0 Å². The standard InChI is InChI=1S/C13H12F3NO3/c1-6-2-11(17-13(18)19)12(20-5-6)7-3-9(15)10(16)4-8(7)14/h3-4,11-12,17H,1-2,5H2,(H,18,19)/t11-,12-/m0/s1. The molecule has 1 fully saturated rings. The van der Waals surface area contributed by atoms with Gasteiger partial charge < -0.3 is 15.2 Å². The summed E-state index contributed by atoms with van der Waals surface area (Å²) in [4.78, 5) is 10.7. The number of carboxylic acid groups (broad SMARTS) is 1. The Hall–Kier alpha value is -2.02. The van der Waals surface area contributed by atoms with E-state index >= 15 is 0 Å². The molecular weight excluding hydrogens is 275 g/mol. The quantitative estimate of drug-likeness (QED) is 0.649. The Kier molecular flexibility index (Phi) is 3.99. The molecule has 2 rings (SSSR count). The molecule has 7 heteroatoms. The predicted molar refractivity (Wildman–Crippen MR) is 63.7 cm³/mol. The van der Waals surface area contributed by atoms with Crippen LogP contribution in [0.2, 0.25) is 0 Å². The summed E-state index contributed by atoms with van der Waals surface area (Å²) in [6.07, 6.45) is -2.12. The van der Waals surface area contributed by atoms with Crippen LogP contribution < -0.4 is 5.32 Å². The zero-order chi connectivity index (χ0) is 14.9. The number of ether oxygens (including phenoxy) is 1. The molecule has 1 amide bonds. The van der Waals surface area contributed by atoms with E-state index in [1.165, 1.54) is 0 Å².